The second kappa shape index (κ2) is 5.04. The van der Waals surface area contributed by atoms with Gasteiger partial charge in [-0.05, 0) is 24.4 Å². The summed E-state index contributed by atoms with van der Waals surface area (Å²) in [5, 5.41) is 12.4. The minimum absolute atomic E-state index is 0.756. The molecule has 0 fully saturated rings. The predicted molar refractivity (Wildman–Crippen MR) is 61.7 cm³/mol. The fraction of sp³-hybridized carbons (Fsp3) is 0.400. The molecule has 80 valence electrons. The molecular weight excluding hydrogens is 208 g/mol. The first kappa shape index (κ1) is 10.3. The van der Waals surface area contributed by atoms with Gasteiger partial charge in [-0.2, -0.15) is 5.10 Å². The maximum atomic E-state index is 4.41. The molecule has 2 aromatic heterocycles. The molecule has 0 aliphatic heterocycles. The number of aromatic nitrogens is 3. The zero-order valence-electron chi connectivity index (χ0n) is 8.66. The summed E-state index contributed by atoms with van der Waals surface area (Å²) in [5.74, 6) is 1.69. The van der Waals surface area contributed by atoms with Crippen LogP contribution in [0, 0.1) is 0 Å². The third kappa shape index (κ3) is 2.64. The summed E-state index contributed by atoms with van der Waals surface area (Å²) >= 11 is 1.65. The first-order valence-corrected chi connectivity index (χ1v) is 5.94. The van der Waals surface area contributed by atoms with Gasteiger partial charge in [-0.3, -0.25) is 5.10 Å². The Bertz CT molecular complexity index is 393. The maximum absolute atomic E-state index is 4.41. The Hall–Kier alpha value is -1.20. The third-order valence-corrected chi connectivity index (χ3v) is 2.86. The second-order valence-electron chi connectivity index (χ2n) is 3.26. The molecule has 0 atom stereocenters. The van der Waals surface area contributed by atoms with Crippen molar-refractivity contribution >= 4 is 11.3 Å². The van der Waals surface area contributed by atoms with Crippen LogP contribution in [0.15, 0.2) is 17.5 Å². The Morgan fingerprint density at radius 1 is 1.53 bits per heavy atom. The van der Waals surface area contributed by atoms with Gasteiger partial charge in [0.05, 0.1) is 11.4 Å². The van der Waals surface area contributed by atoms with Crippen LogP contribution in [0.3, 0.4) is 0 Å². The van der Waals surface area contributed by atoms with Crippen molar-refractivity contribution in [2.45, 2.75) is 19.9 Å². The van der Waals surface area contributed by atoms with Gasteiger partial charge in [0.2, 0.25) is 0 Å². The number of H-pyrrole nitrogens is 1. The lowest BCUT2D eigenvalue weighted by Gasteiger charge is -1.97. The number of nitrogens with one attached hydrogen (secondary N) is 2. The lowest BCUT2D eigenvalue weighted by Crippen LogP contribution is -2.14. The van der Waals surface area contributed by atoms with Crippen molar-refractivity contribution in [1.29, 1.82) is 0 Å². The van der Waals surface area contributed by atoms with E-state index in [4.69, 9.17) is 0 Å². The lowest BCUT2D eigenvalue weighted by molar-refractivity contribution is 0.652. The highest BCUT2D eigenvalue weighted by atomic mass is 32.1. The van der Waals surface area contributed by atoms with E-state index >= 15 is 0 Å². The number of hydrogen-bond donors (Lipinski definition) is 2. The zero-order chi connectivity index (χ0) is 10.5. The van der Waals surface area contributed by atoms with E-state index in [0.29, 0.717) is 0 Å². The van der Waals surface area contributed by atoms with Gasteiger partial charge in [-0.25, -0.2) is 4.98 Å². The molecule has 2 N–H and O–H groups in total. The Morgan fingerprint density at radius 3 is 3.20 bits per heavy atom. The molecule has 0 saturated heterocycles. The molecule has 2 aromatic rings. The average molecular weight is 222 g/mol. The Labute approximate surface area is 92.8 Å². The molecule has 0 spiro atoms. The van der Waals surface area contributed by atoms with Crippen LogP contribution in [0.2, 0.25) is 0 Å². The van der Waals surface area contributed by atoms with E-state index in [2.05, 4.69) is 27.4 Å². The van der Waals surface area contributed by atoms with Gasteiger partial charge in [0, 0.05) is 0 Å². The smallest absolute Gasteiger partial charge is 0.191 e. The number of rotatable bonds is 5. The fourth-order valence-corrected chi connectivity index (χ4v) is 1.93. The van der Waals surface area contributed by atoms with E-state index in [1.54, 1.807) is 11.3 Å². The van der Waals surface area contributed by atoms with Crippen molar-refractivity contribution in [2.24, 2.45) is 0 Å². The SMILES string of the molecule is CCCNCc1nc(-c2cccs2)n[nH]1. The van der Waals surface area contributed by atoms with Crippen molar-refractivity contribution in [3.8, 4) is 10.7 Å². The van der Waals surface area contributed by atoms with E-state index in [9.17, 15) is 0 Å². The van der Waals surface area contributed by atoms with E-state index in [1.165, 1.54) is 0 Å². The van der Waals surface area contributed by atoms with Gasteiger partial charge in [-0.15, -0.1) is 11.3 Å². The highest BCUT2D eigenvalue weighted by molar-refractivity contribution is 7.13. The first-order chi connectivity index (χ1) is 7.40. The molecule has 4 nitrogen and oxygen atoms in total. The molecule has 2 rings (SSSR count). The molecule has 0 amide bonds. The first-order valence-electron chi connectivity index (χ1n) is 5.06. The fourth-order valence-electron chi connectivity index (χ4n) is 1.27. The van der Waals surface area contributed by atoms with Crippen LogP contribution >= 0.6 is 11.3 Å². The second-order valence-corrected chi connectivity index (χ2v) is 4.21. The zero-order valence-corrected chi connectivity index (χ0v) is 9.47. The molecule has 5 heteroatoms. The summed E-state index contributed by atoms with van der Waals surface area (Å²) < 4.78 is 0. The summed E-state index contributed by atoms with van der Waals surface area (Å²) in [5.41, 5.74) is 0. The lowest BCUT2D eigenvalue weighted by atomic mass is 10.4. The van der Waals surface area contributed by atoms with E-state index in [0.717, 1.165) is 36.0 Å². The van der Waals surface area contributed by atoms with Crippen LogP contribution in [0.5, 0.6) is 0 Å². The minimum Gasteiger partial charge on any atom is -0.310 e. The quantitative estimate of drug-likeness (QED) is 0.761. The van der Waals surface area contributed by atoms with Crippen molar-refractivity contribution in [1.82, 2.24) is 20.5 Å². The Kier molecular flexibility index (Phi) is 3.47. The van der Waals surface area contributed by atoms with E-state index < -0.39 is 0 Å². The standard InChI is InChI=1S/C10H14N4S/c1-2-5-11-7-9-12-10(14-13-9)8-4-3-6-15-8/h3-4,6,11H,2,5,7H2,1H3,(H,12,13,14). The van der Waals surface area contributed by atoms with Gasteiger partial charge in [-0.1, -0.05) is 13.0 Å². The molecule has 0 aromatic carbocycles. The van der Waals surface area contributed by atoms with Gasteiger partial charge in [0.1, 0.15) is 5.82 Å². The van der Waals surface area contributed by atoms with Crippen LogP contribution in [-0.4, -0.2) is 21.7 Å². The van der Waals surface area contributed by atoms with Crippen LogP contribution < -0.4 is 5.32 Å². The summed E-state index contributed by atoms with van der Waals surface area (Å²) in [7, 11) is 0. The molecule has 0 unspecified atom stereocenters. The molecule has 0 radical (unpaired) electrons. The van der Waals surface area contributed by atoms with E-state index in [1.807, 2.05) is 17.5 Å². The predicted octanol–water partition coefficient (Wildman–Crippen LogP) is 2.03. The van der Waals surface area contributed by atoms with Crippen LogP contribution in [0.1, 0.15) is 19.2 Å². The van der Waals surface area contributed by atoms with E-state index in [-0.39, 0.29) is 0 Å². The summed E-state index contributed by atoms with van der Waals surface area (Å²) in [4.78, 5) is 5.51. The molecule has 0 saturated carbocycles. The van der Waals surface area contributed by atoms with Crippen LogP contribution in [0.25, 0.3) is 10.7 Å². The van der Waals surface area contributed by atoms with Gasteiger partial charge in [0.25, 0.3) is 0 Å². The largest absolute Gasteiger partial charge is 0.310 e. The normalized spacial score (nSPS) is 10.7. The maximum Gasteiger partial charge on any atom is 0.191 e. The van der Waals surface area contributed by atoms with Gasteiger partial charge >= 0.3 is 0 Å². The average Bonchev–Trinajstić information content (AvgIpc) is 2.87. The van der Waals surface area contributed by atoms with Crippen molar-refractivity contribution in [3.05, 3.63) is 23.3 Å². The molecule has 2 heterocycles. The highest BCUT2D eigenvalue weighted by Gasteiger charge is 2.05. The Morgan fingerprint density at radius 2 is 2.47 bits per heavy atom. The molecule has 0 aliphatic carbocycles. The molecule has 15 heavy (non-hydrogen) atoms. The number of hydrogen-bond acceptors (Lipinski definition) is 4. The molecule has 0 bridgehead atoms. The highest BCUT2D eigenvalue weighted by Crippen LogP contribution is 2.20. The molecular formula is C10H14N4S. The van der Waals surface area contributed by atoms with Crippen molar-refractivity contribution in [2.75, 3.05) is 6.54 Å². The van der Waals surface area contributed by atoms with Crippen molar-refractivity contribution in [3.63, 3.8) is 0 Å². The summed E-state index contributed by atoms with van der Waals surface area (Å²) in [6.45, 7) is 3.91. The third-order valence-electron chi connectivity index (χ3n) is 1.99. The minimum atomic E-state index is 0.756. The molecule has 0 aliphatic rings. The summed E-state index contributed by atoms with van der Waals surface area (Å²) in [6.07, 6.45) is 1.13. The van der Waals surface area contributed by atoms with Gasteiger partial charge in [0.15, 0.2) is 5.82 Å². The van der Waals surface area contributed by atoms with Crippen LogP contribution in [0.4, 0.5) is 0 Å². The topological polar surface area (TPSA) is 53.6 Å². The number of thiophene rings is 1. The number of nitrogens with zero attached hydrogens (tertiary/aromatic N) is 2. The van der Waals surface area contributed by atoms with Gasteiger partial charge < -0.3 is 5.32 Å². The van der Waals surface area contributed by atoms with Crippen LogP contribution in [-0.2, 0) is 6.54 Å². The summed E-state index contributed by atoms with van der Waals surface area (Å²) in [6, 6.07) is 4.03. The number of aromatic amines is 1. The monoisotopic (exact) mass is 222 g/mol. The Balaban J connectivity index is 1.98. The van der Waals surface area contributed by atoms with Crippen molar-refractivity contribution < 1.29 is 0 Å².